The van der Waals surface area contributed by atoms with E-state index < -0.39 is 0 Å². The van der Waals surface area contributed by atoms with Crippen LogP contribution in [0, 0.1) is 5.41 Å². The molecule has 4 rings (SSSR count). The molecule has 1 saturated heterocycles. The first-order valence-electron chi connectivity index (χ1n) is 10.6. The molecule has 32 heavy (non-hydrogen) atoms. The van der Waals surface area contributed by atoms with Gasteiger partial charge in [-0.25, -0.2) is 9.98 Å². The van der Waals surface area contributed by atoms with E-state index in [4.69, 9.17) is 21.9 Å². The minimum absolute atomic E-state index is 0.502. The molecule has 2 aliphatic rings. The predicted octanol–water partition coefficient (Wildman–Crippen LogP) is 2.38. The zero-order chi connectivity index (χ0) is 22.5. The van der Waals surface area contributed by atoms with Gasteiger partial charge in [0.1, 0.15) is 11.5 Å². The average molecular weight is 429 g/mol. The van der Waals surface area contributed by atoms with E-state index in [1.165, 1.54) is 19.1 Å². The molecule has 1 aromatic carbocycles. The smallest absolute Gasteiger partial charge is 0.152 e. The van der Waals surface area contributed by atoms with Crippen molar-refractivity contribution < 1.29 is 0 Å². The van der Waals surface area contributed by atoms with Crippen LogP contribution in [-0.4, -0.2) is 23.8 Å². The number of aromatic nitrogens is 1. The molecule has 1 aromatic heterocycles. The molecule has 8 nitrogen and oxygen atoms in total. The van der Waals surface area contributed by atoms with Gasteiger partial charge in [0.25, 0.3) is 0 Å². The van der Waals surface area contributed by atoms with E-state index >= 15 is 0 Å². The lowest BCUT2D eigenvalue weighted by Crippen LogP contribution is -2.25. The fourth-order valence-corrected chi connectivity index (χ4v) is 3.84. The van der Waals surface area contributed by atoms with E-state index in [0.29, 0.717) is 40.0 Å². The normalized spacial score (nSPS) is 18.5. The summed E-state index contributed by atoms with van der Waals surface area (Å²) in [6, 6.07) is 11.8. The molecule has 0 spiro atoms. The van der Waals surface area contributed by atoms with Crippen molar-refractivity contribution in [3.63, 3.8) is 0 Å². The van der Waals surface area contributed by atoms with Crippen molar-refractivity contribution in [1.29, 1.82) is 5.41 Å². The Kier molecular flexibility index (Phi) is 6.21. The first-order valence-corrected chi connectivity index (χ1v) is 10.6. The van der Waals surface area contributed by atoms with Crippen LogP contribution in [0.5, 0.6) is 0 Å². The van der Waals surface area contributed by atoms with Crippen molar-refractivity contribution in [2.45, 2.75) is 25.8 Å². The fourth-order valence-electron chi connectivity index (χ4n) is 3.84. The van der Waals surface area contributed by atoms with Crippen LogP contribution in [0.25, 0.3) is 5.70 Å². The summed E-state index contributed by atoms with van der Waals surface area (Å²) < 4.78 is 0. The second-order valence-electron chi connectivity index (χ2n) is 7.83. The molecule has 0 saturated carbocycles. The number of nitrogens with one attached hydrogen (secondary N) is 3. The quantitative estimate of drug-likeness (QED) is 0.367. The van der Waals surface area contributed by atoms with Gasteiger partial charge < -0.3 is 32.4 Å². The Morgan fingerprint density at radius 1 is 1.25 bits per heavy atom. The Balaban J connectivity index is 1.71. The Labute approximate surface area is 187 Å². The topological polar surface area (TPSA) is 128 Å². The maximum absolute atomic E-state index is 7.52. The van der Waals surface area contributed by atoms with Gasteiger partial charge in [0.15, 0.2) is 5.49 Å². The molecule has 3 heterocycles. The molecule has 0 aliphatic carbocycles. The molecule has 2 aromatic rings. The third-order valence-electron chi connectivity index (χ3n) is 5.62. The van der Waals surface area contributed by atoms with E-state index in [0.717, 1.165) is 17.8 Å². The largest absolute Gasteiger partial charge is 0.398 e. The van der Waals surface area contributed by atoms with Crippen LogP contribution in [0.4, 0.5) is 11.4 Å². The zero-order valence-electron chi connectivity index (χ0n) is 18.0. The second-order valence-corrected chi connectivity index (χ2v) is 7.83. The second kappa shape index (κ2) is 9.38. The predicted molar refractivity (Wildman–Crippen MR) is 129 cm³/mol. The molecule has 1 atom stereocenters. The van der Waals surface area contributed by atoms with E-state index in [9.17, 15) is 0 Å². The van der Waals surface area contributed by atoms with Crippen molar-refractivity contribution in [3.05, 3.63) is 89.2 Å². The molecular weight excluding hydrogens is 400 g/mol. The van der Waals surface area contributed by atoms with Gasteiger partial charge in [-0.2, -0.15) is 0 Å². The van der Waals surface area contributed by atoms with Gasteiger partial charge in [0.2, 0.25) is 0 Å². The number of nitrogen functional groups attached to an aromatic ring is 1. The van der Waals surface area contributed by atoms with Crippen molar-refractivity contribution in [2.24, 2.45) is 10.7 Å². The first kappa shape index (κ1) is 21.2. The van der Waals surface area contributed by atoms with Gasteiger partial charge in [-0.15, -0.1) is 0 Å². The van der Waals surface area contributed by atoms with Crippen LogP contribution in [-0.2, 0) is 0 Å². The van der Waals surface area contributed by atoms with Gasteiger partial charge in [0.05, 0.1) is 11.9 Å². The number of rotatable bonds is 5. The maximum Gasteiger partial charge on any atom is 0.152 e. The molecule has 2 aliphatic heterocycles. The Bertz CT molecular complexity index is 1170. The molecule has 0 radical (unpaired) electrons. The molecule has 164 valence electrons. The van der Waals surface area contributed by atoms with Crippen LogP contribution >= 0.6 is 0 Å². The summed E-state index contributed by atoms with van der Waals surface area (Å²) in [7, 11) is 0. The third kappa shape index (κ3) is 4.64. The first-order chi connectivity index (χ1) is 15.5. The molecule has 0 bridgehead atoms. The van der Waals surface area contributed by atoms with Crippen molar-refractivity contribution in [3.8, 4) is 0 Å². The van der Waals surface area contributed by atoms with Crippen LogP contribution in [0.15, 0.2) is 77.6 Å². The lowest BCUT2D eigenvalue weighted by molar-refractivity contribution is 0.734. The van der Waals surface area contributed by atoms with Crippen molar-refractivity contribution in [1.82, 2.24) is 15.6 Å². The summed E-state index contributed by atoms with van der Waals surface area (Å²) in [6.45, 7) is 3.29. The van der Waals surface area contributed by atoms with Crippen LogP contribution in [0.2, 0.25) is 0 Å². The number of hydrogen-bond donors (Lipinski definition) is 5. The van der Waals surface area contributed by atoms with Gasteiger partial charge in [-0.05, 0) is 55.7 Å². The highest BCUT2D eigenvalue weighted by Gasteiger charge is 2.20. The van der Waals surface area contributed by atoms with Crippen LogP contribution in [0.1, 0.15) is 30.9 Å². The summed E-state index contributed by atoms with van der Waals surface area (Å²) in [6.07, 6.45) is 10.8. The molecule has 1 fully saturated rings. The molecule has 0 amide bonds. The Hall–Kier alpha value is -4.07. The van der Waals surface area contributed by atoms with E-state index in [1.807, 2.05) is 24.4 Å². The minimum Gasteiger partial charge on any atom is -0.398 e. The summed E-state index contributed by atoms with van der Waals surface area (Å²) in [5.41, 5.74) is 17.0. The van der Waals surface area contributed by atoms with Crippen molar-refractivity contribution in [2.75, 3.05) is 17.2 Å². The lowest BCUT2D eigenvalue weighted by atomic mass is 10.1. The van der Waals surface area contributed by atoms with Gasteiger partial charge in [0, 0.05) is 48.1 Å². The van der Waals surface area contributed by atoms with Crippen LogP contribution in [0.3, 0.4) is 0 Å². The number of anilines is 2. The average Bonchev–Trinajstić information content (AvgIpc) is 3.42. The van der Waals surface area contributed by atoms with Crippen molar-refractivity contribution >= 4 is 23.3 Å². The number of allylic oxidation sites excluding steroid dienone is 1. The van der Waals surface area contributed by atoms with E-state index in [-0.39, 0.29) is 0 Å². The standard InChI is InChI=1S/C24H28N8/c1-16-4-3-11-32(16)19-5-2-6-23(30-15-19)31-22(24-28-9-10-29-24)13-21(27)17-7-8-20(26)18(12-17)14-25/h2,5-10,12-16,25,28-29H,3-4,11,26-27H2,1H3/b21-13-,25-14?,31-23?. The minimum atomic E-state index is 0.502. The molecular formula is C24H28N8. The van der Waals surface area contributed by atoms with Crippen LogP contribution < -0.4 is 32.5 Å². The van der Waals surface area contributed by atoms with Gasteiger partial charge in [-0.1, -0.05) is 12.1 Å². The monoisotopic (exact) mass is 428 g/mol. The molecule has 7 N–H and O–H groups in total. The molecule has 8 heteroatoms. The third-order valence-corrected chi connectivity index (χ3v) is 5.62. The lowest BCUT2D eigenvalue weighted by Gasteiger charge is -2.22. The maximum atomic E-state index is 7.52. The summed E-state index contributed by atoms with van der Waals surface area (Å²) in [4.78, 5) is 11.7. The Morgan fingerprint density at radius 3 is 2.78 bits per heavy atom. The highest BCUT2D eigenvalue weighted by molar-refractivity contribution is 5.87. The molecule has 1 unspecified atom stereocenters. The van der Waals surface area contributed by atoms with Gasteiger partial charge >= 0.3 is 0 Å². The Morgan fingerprint density at radius 2 is 2.06 bits per heavy atom. The summed E-state index contributed by atoms with van der Waals surface area (Å²) in [5.74, 6) is 0.706. The number of nitrogens with two attached hydrogens (primary N) is 2. The van der Waals surface area contributed by atoms with Gasteiger partial charge in [-0.3, -0.25) is 0 Å². The van der Waals surface area contributed by atoms with E-state index in [2.05, 4.69) is 33.5 Å². The number of hydrogen-bond acceptors (Lipinski definition) is 8. The fraction of sp³-hybridized carbons (Fsp3) is 0.208. The number of nitrogens with zero attached hydrogens (tertiary/aromatic N) is 3. The zero-order valence-corrected chi connectivity index (χ0v) is 18.0. The number of benzene rings is 1. The summed E-state index contributed by atoms with van der Waals surface area (Å²) >= 11 is 0. The van der Waals surface area contributed by atoms with E-state index in [1.54, 1.807) is 30.6 Å². The highest BCUT2D eigenvalue weighted by atomic mass is 15.2. The highest BCUT2D eigenvalue weighted by Crippen LogP contribution is 2.23. The SMILES string of the molecule is CC1CCCN1c1cccc(=NC(/C=C(\N)c2ccc(N)c(C=N)c2)=C2NC=CN2)nc1. The summed E-state index contributed by atoms with van der Waals surface area (Å²) in [5, 5.41) is 13.8.